The minimum absolute atomic E-state index is 0. The molecule has 0 aliphatic carbocycles. The molecule has 0 rings (SSSR count). The van der Waals surface area contributed by atoms with Crippen molar-refractivity contribution < 1.29 is 32.7 Å². The minimum Gasteiger partial charge on any atom is 0 e. The first-order valence-corrected chi connectivity index (χ1v) is 0. The average Bonchev–Trinajstić information content (AvgIpc) is 0. The molecule has 0 amide bonds. The van der Waals surface area contributed by atoms with Crippen LogP contribution in [-0.4, -0.2) is 38.3 Å². The van der Waals surface area contributed by atoms with Gasteiger partial charge in [0.25, 0.3) is 0 Å². The Kier molecular flexibility index (Phi) is 283. The van der Waals surface area contributed by atoms with Crippen molar-refractivity contribution in [1.29, 1.82) is 0 Å². The summed E-state index contributed by atoms with van der Waals surface area (Å²) < 4.78 is 0. The van der Waals surface area contributed by atoms with E-state index in [1.807, 2.05) is 0 Å². The first-order chi connectivity index (χ1) is 0. The van der Waals surface area contributed by atoms with E-state index < -0.39 is 0 Å². The summed E-state index contributed by atoms with van der Waals surface area (Å²) in [5, 5.41) is 0. The normalized spacial score (nSPS) is 0. The SMILES string of the molecule is O.O.[PbH2].[Ti]. The Morgan fingerprint density at radius 1 is 0.750 bits per heavy atom. The van der Waals surface area contributed by atoms with Gasteiger partial charge in [0.05, 0.1) is 0 Å². The van der Waals surface area contributed by atoms with Crippen LogP contribution in [0.15, 0.2) is 0 Å². The molecule has 0 aliphatic rings. The molecule has 0 aromatic heterocycles. The van der Waals surface area contributed by atoms with Crippen LogP contribution in [0.2, 0.25) is 0 Å². The zero-order chi connectivity index (χ0) is 0. The van der Waals surface area contributed by atoms with E-state index in [1.165, 1.54) is 0 Å². The molecule has 4 heavy (non-hydrogen) atoms. The summed E-state index contributed by atoms with van der Waals surface area (Å²) in [5.74, 6) is 0. The summed E-state index contributed by atoms with van der Waals surface area (Å²) in [4.78, 5) is 0. The summed E-state index contributed by atoms with van der Waals surface area (Å²) in [6.45, 7) is 0. The quantitative estimate of drug-likeness (QED) is 0.441. The van der Waals surface area contributed by atoms with Crippen molar-refractivity contribution in [2.24, 2.45) is 0 Å². The van der Waals surface area contributed by atoms with Gasteiger partial charge in [-0.2, -0.15) is 0 Å². The first kappa shape index (κ1) is 47.6. The molecular weight excluding hydrogens is 287 g/mol. The fourth-order valence-electron chi connectivity index (χ4n) is 0. The third-order valence-electron chi connectivity index (χ3n) is 0. The molecule has 2 nitrogen and oxygen atoms in total. The van der Waals surface area contributed by atoms with E-state index in [1.54, 1.807) is 0 Å². The summed E-state index contributed by atoms with van der Waals surface area (Å²) >= 11 is 0. The standard InChI is InChI=1S/2H2O.Pb.Ti.2H/h2*1H2;;;;. The Hall–Kier alpha value is 1.56. The van der Waals surface area contributed by atoms with E-state index in [4.69, 9.17) is 0 Å². The average molecular weight is 293 g/mol. The van der Waals surface area contributed by atoms with Crippen molar-refractivity contribution in [3.8, 4) is 0 Å². The molecule has 0 spiro atoms. The van der Waals surface area contributed by atoms with Gasteiger partial charge in [0.15, 0.2) is 0 Å². The van der Waals surface area contributed by atoms with E-state index >= 15 is 0 Å². The predicted molar refractivity (Wildman–Crippen MR) is 15.8 cm³/mol. The third kappa shape index (κ3) is 9.59. The number of hydrogen-bond donors (Lipinski definition) is 0. The van der Waals surface area contributed by atoms with Crippen molar-refractivity contribution in [2.45, 2.75) is 0 Å². The molecule has 0 aromatic carbocycles. The maximum absolute atomic E-state index is 0. The molecule has 0 fully saturated rings. The van der Waals surface area contributed by atoms with Gasteiger partial charge in [0.2, 0.25) is 0 Å². The van der Waals surface area contributed by atoms with Crippen molar-refractivity contribution in [2.75, 3.05) is 0 Å². The van der Waals surface area contributed by atoms with E-state index in [-0.39, 0.29) is 60.0 Å². The van der Waals surface area contributed by atoms with Crippen LogP contribution < -0.4 is 0 Å². The third-order valence-corrected chi connectivity index (χ3v) is 0. The molecule has 0 bridgehead atoms. The van der Waals surface area contributed by atoms with Gasteiger partial charge < -0.3 is 11.0 Å². The van der Waals surface area contributed by atoms with Gasteiger partial charge in [-0.25, -0.2) is 0 Å². The molecule has 4 N–H and O–H groups in total. The largest absolute Gasteiger partial charge is 0 e. The van der Waals surface area contributed by atoms with Crippen LogP contribution in [0.1, 0.15) is 0 Å². The van der Waals surface area contributed by atoms with Crippen LogP contribution in [0.4, 0.5) is 0 Å². The first-order valence-electron chi connectivity index (χ1n) is 0. The summed E-state index contributed by atoms with van der Waals surface area (Å²) in [7, 11) is 0. The molecule has 4 heteroatoms. The Morgan fingerprint density at radius 3 is 0.750 bits per heavy atom. The Labute approximate surface area is 59.6 Å². The molecule has 0 heterocycles. The molecule has 2 radical (unpaired) electrons. The maximum Gasteiger partial charge on any atom is 0 e. The van der Waals surface area contributed by atoms with Gasteiger partial charge in [0.1, 0.15) is 0 Å². The second kappa shape index (κ2) is 23.8. The Balaban J connectivity index is 0. The molecular formula is H6O2PbTi. The van der Waals surface area contributed by atoms with E-state index in [0.29, 0.717) is 0 Å². The Bertz CT molecular complexity index is 6.00. The smallest absolute Gasteiger partial charge is 0 e. The Morgan fingerprint density at radius 2 is 0.750 bits per heavy atom. The van der Waals surface area contributed by atoms with Crippen molar-refractivity contribution >= 4 is 27.3 Å². The van der Waals surface area contributed by atoms with E-state index in [0.717, 1.165) is 0 Å². The molecule has 26 valence electrons. The maximum atomic E-state index is 0. The zero-order valence-corrected chi connectivity index (χ0v) is 9.27. The van der Waals surface area contributed by atoms with Crippen molar-refractivity contribution in [3.05, 3.63) is 0 Å². The zero-order valence-electron chi connectivity index (χ0n) is 2.21. The van der Waals surface area contributed by atoms with Crippen LogP contribution in [0, 0.1) is 0 Å². The second-order valence-corrected chi connectivity index (χ2v) is 0. The van der Waals surface area contributed by atoms with Gasteiger partial charge in [-0.05, 0) is 0 Å². The topological polar surface area (TPSA) is 63.0 Å². The molecule has 0 saturated carbocycles. The summed E-state index contributed by atoms with van der Waals surface area (Å²) in [5.41, 5.74) is 0. The van der Waals surface area contributed by atoms with Gasteiger partial charge >= 0.3 is 27.3 Å². The van der Waals surface area contributed by atoms with Crippen molar-refractivity contribution in [1.82, 2.24) is 0 Å². The molecule has 0 unspecified atom stereocenters. The number of rotatable bonds is 0. The van der Waals surface area contributed by atoms with E-state index in [2.05, 4.69) is 0 Å². The second-order valence-electron chi connectivity index (χ2n) is 0. The summed E-state index contributed by atoms with van der Waals surface area (Å²) in [6, 6.07) is 0. The molecule has 0 saturated heterocycles. The van der Waals surface area contributed by atoms with Gasteiger partial charge in [-0.1, -0.05) is 0 Å². The van der Waals surface area contributed by atoms with Crippen LogP contribution in [-0.2, 0) is 21.7 Å². The number of hydrogen-bond acceptors (Lipinski definition) is 0. The van der Waals surface area contributed by atoms with Gasteiger partial charge in [0, 0.05) is 21.7 Å². The molecule has 0 aromatic rings. The minimum atomic E-state index is 0. The van der Waals surface area contributed by atoms with Crippen LogP contribution >= 0.6 is 0 Å². The van der Waals surface area contributed by atoms with Crippen molar-refractivity contribution in [3.63, 3.8) is 0 Å². The fourth-order valence-corrected chi connectivity index (χ4v) is 0. The molecule has 0 atom stereocenters. The van der Waals surface area contributed by atoms with Crippen LogP contribution in [0.3, 0.4) is 0 Å². The summed E-state index contributed by atoms with van der Waals surface area (Å²) in [6.07, 6.45) is 0. The van der Waals surface area contributed by atoms with Crippen LogP contribution in [0.5, 0.6) is 0 Å². The van der Waals surface area contributed by atoms with Gasteiger partial charge in [-0.15, -0.1) is 0 Å². The molecule has 0 aliphatic heterocycles. The monoisotopic (exact) mass is 294 g/mol. The fraction of sp³-hybridized carbons (Fsp3) is 0. The predicted octanol–water partition coefficient (Wildman–Crippen LogP) is -2.57. The van der Waals surface area contributed by atoms with E-state index in [9.17, 15) is 0 Å². The van der Waals surface area contributed by atoms with Crippen LogP contribution in [0.25, 0.3) is 0 Å². The van der Waals surface area contributed by atoms with Gasteiger partial charge in [-0.3, -0.25) is 0 Å².